The molecule has 0 aliphatic rings. The third-order valence-electron chi connectivity index (χ3n) is 2.84. The molecule has 18 heavy (non-hydrogen) atoms. The summed E-state index contributed by atoms with van der Waals surface area (Å²) in [5.41, 5.74) is 1.09. The van der Waals surface area contributed by atoms with E-state index >= 15 is 0 Å². The number of hydrogen-bond acceptors (Lipinski definition) is 3. The fraction of sp³-hybridized carbons (Fsp3) is 0.286. The molecule has 0 saturated carbocycles. The van der Waals surface area contributed by atoms with Gasteiger partial charge in [0.05, 0.1) is 6.26 Å². The third kappa shape index (κ3) is 3.35. The zero-order valence-corrected chi connectivity index (χ0v) is 10.9. The van der Waals surface area contributed by atoms with E-state index in [2.05, 4.69) is 5.32 Å². The van der Waals surface area contributed by atoms with Gasteiger partial charge in [-0.1, -0.05) is 23.7 Å². The van der Waals surface area contributed by atoms with Gasteiger partial charge in [0.1, 0.15) is 11.9 Å². The van der Waals surface area contributed by atoms with E-state index in [1.807, 2.05) is 31.2 Å². The van der Waals surface area contributed by atoms with Crippen molar-refractivity contribution in [3.05, 3.63) is 59.0 Å². The van der Waals surface area contributed by atoms with E-state index in [-0.39, 0.29) is 6.04 Å². The minimum atomic E-state index is -0.637. The van der Waals surface area contributed by atoms with Crippen LogP contribution in [0.2, 0.25) is 5.02 Å². The topological polar surface area (TPSA) is 45.4 Å². The molecule has 0 saturated heterocycles. The lowest BCUT2D eigenvalue weighted by Crippen LogP contribution is -2.24. The van der Waals surface area contributed by atoms with Crippen molar-refractivity contribution in [3.63, 3.8) is 0 Å². The average molecular weight is 266 g/mol. The molecule has 1 aromatic heterocycles. The van der Waals surface area contributed by atoms with Crippen molar-refractivity contribution in [3.8, 4) is 0 Å². The van der Waals surface area contributed by atoms with Crippen molar-refractivity contribution < 1.29 is 9.52 Å². The molecule has 0 aliphatic carbocycles. The van der Waals surface area contributed by atoms with Crippen molar-refractivity contribution in [1.82, 2.24) is 5.32 Å². The van der Waals surface area contributed by atoms with E-state index in [0.717, 1.165) is 5.56 Å². The molecule has 2 aromatic rings. The van der Waals surface area contributed by atoms with Gasteiger partial charge in [-0.25, -0.2) is 0 Å². The van der Waals surface area contributed by atoms with Crippen LogP contribution >= 0.6 is 11.6 Å². The number of aliphatic hydroxyl groups excluding tert-OH is 1. The summed E-state index contributed by atoms with van der Waals surface area (Å²) < 4.78 is 5.14. The summed E-state index contributed by atoms with van der Waals surface area (Å²) in [5, 5.41) is 13.8. The molecule has 2 rings (SSSR count). The largest absolute Gasteiger partial charge is 0.467 e. The Morgan fingerprint density at radius 1 is 1.33 bits per heavy atom. The summed E-state index contributed by atoms with van der Waals surface area (Å²) in [5.74, 6) is 0.570. The number of hydrogen-bond donors (Lipinski definition) is 2. The molecule has 0 bridgehead atoms. The summed E-state index contributed by atoms with van der Waals surface area (Å²) in [6.45, 7) is 2.46. The number of halogens is 1. The number of aliphatic hydroxyl groups is 1. The molecule has 2 N–H and O–H groups in total. The monoisotopic (exact) mass is 265 g/mol. The highest BCUT2D eigenvalue weighted by atomic mass is 35.5. The molecule has 1 aromatic carbocycles. The van der Waals surface area contributed by atoms with Gasteiger partial charge in [0.25, 0.3) is 0 Å². The second-order valence-electron chi connectivity index (χ2n) is 4.22. The highest BCUT2D eigenvalue weighted by Crippen LogP contribution is 2.18. The highest BCUT2D eigenvalue weighted by molar-refractivity contribution is 6.30. The SMILES string of the molecule is C[C@@H](NCC(O)c1ccco1)c1cccc(Cl)c1. The van der Waals surface area contributed by atoms with Gasteiger partial charge in [0, 0.05) is 17.6 Å². The van der Waals surface area contributed by atoms with Crippen molar-refractivity contribution in [2.45, 2.75) is 19.1 Å². The molecule has 1 unspecified atom stereocenters. The molecule has 1 heterocycles. The van der Waals surface area contributed by atoms with Gasteiger partial charge in [-0.15, -0.1) is 0 Å². The smallest absolute Gasteiger partial charge is 0.133 e. The lowest BCUT2D eigenvalue weighted by Gasteiger charge is -2.16. The molecule has 96 valence electrons. The van der Waals surface area contributed by atoms with Crippen molar-refractivity contribution in [1.29, 1.82) is 0 Å². The highest BCUT2D eigenvalue weighted by Gasteiger charge is 2.12. The van der Waals surface area contributed by atoms with Crippen LogP contribution in [-0.4, -0.2) is 11.7 Å². The summed E-state index contributed by atoms with van der Waals surface area (Å²) in [4.78, 5) is 0. The second-order valence-corrected chi connectivity index (χ2v) is 4.65. The van der Waals surface area contributed by atoms with Crippen LogP contribution in [0.15, 0.2) is 47.1 Å². The second kappa shape index (κ2) is 6.05. The maximum Gasteiger partial charge on any atom is 0.133 e. The van der Waals surface area contributed by atoms with Gasteiger partial charge in [-0.05, 0) is 36.8 Å². The first-order valence-electron chi connectivity index (χ1n) is 5.87. The predicted octanol–water partition coefficient (Wildman–Crippen LogP) is 3.32. The Labute approximate surface area is 111 Å². The fourth-order valence-corrected chi connectivity index (χ4v) is 1.96. The normalized spacial score (nSPS) is 14.4. The van der Waals surface area contributed by atoms with Crippen molar-refractivity contribution in [2.24, 2.45) is 0 Å². The Morgan fingerprint density at radius 3 is 2.83 bits per heavy atom. The standard InChI is InChI=1S/C14H16ClNO2/c1-10(11-4-2-5-12(15)8-11)16-9-13(17)14-6-3-7-18-14/h2-8,10,13,16-17H,9H2,1H3/t10-,13?/m1/s1. The van der Waals surface area contributed by atoms with Crippen LogP contribution in [0.4, 0.5) is 0 Å². The molecular formula is C14H16ClNO2. The minimum absolute atomic E-state index is 0.119. The first-order chi connectivity index (χ1) is 8.66. The van der Waals surface area contributed by atoms with Crippen LogP contribution in [0.25, 0.3) is 0 Å². The predicted molar refractivity (Wildman–Crippen MR) is 71.5 cm³/mol. The van der Waals surface area contributed by atoms with Crippen LogP contribution in [0.1, 0.15) is 30.4 Å². The number of furan rings is 1. The van der Waals surface area contributed by atoms with Crippen molar-refractivity contribution >= 4 is 11.6 Å². The van der Waals surface area contributed by atoms with E-state index in [1.54, 1.807) is 18.4 Å². The summed E-state index contributed by atoms with van der Waals surface area (Å²) in [6, 6.07) is 11.3. The molecule has 3 nitrogen and oxygen atoms in total. The van der Waals surface area contributed by atoms with Gasteiger partial charge < -0.3 is 14.8 Å². The molecule has 4 heteroatoms. The van der Waals surface area contributed by atoms with Gasteiger partial charge in [0.15, 0.2) is 0 Å². The fourth-order valence-electron chi connectivity index (χ4n) is 1.76. The first-order valence-corrected chi connectivity index (χ1v) is 6.25. The van der Waals surface area contributed by atoms with Crippen LogP contribution in [0.3, 0.4) is 0 Å². The van der Waals surface area contributed by atoms with Gasteiger partial charge in [0.2, 0.25) is 0 Å². The van der Waals surface area contributed by atoms with Crippen LogP contribution in [0.5, 0.6) is 0 Å². The molecule has 0 aliphatic heterocycles. The number of rotatable bonds is 5. The van der Waals surface area contributed by atoms with Gasteiger partial charge in [-0.3, -0.25) is 0 Å². The van der Waals surface area contributed by atoms with E-state index in [0.29, 0.717) is 17.3 Å². The molecular weight excluding hydrogens is 250 g/mol. The van der Waals surface area contributed by atoms with E-state index in [4.69, 9.17) is 16.0 Å². The molecule has 2 atom stereocenters. The number of benzene rings is 1. The minimum Gasteiger partial charge on any atom is -0.467 e. The zero-order valence-electron chi connectivity index (χ0n) is 10.1. The summed E-state index contributed by atoms with van der Waals surface area (Å²) in [6.07, 6.45) is 0.917. The molecule has 0 radical (unpaired) electrons. The van der Waals surface area contributed by atoms with Crippen LogP contribution < -0.4 is 5.32 Å². The Kier molecular flexibility index (Phi) is 4.42. The Hall–Kier alpha value is -1.29. The van der Waals surface area contributed by atoms with Gasteiger partial charge >= 0.3 is 0 Å². The van der Waals surface area contributed by atoms with E-state index in [1.165, 1.54) is 0 Å². The Bertz CT molecular complexity index is 484. The summed E-state index contributed by atoms with van der Waals surface area (Å²) >= 11 is 5.94. The maximum absolute atomic E-state index is 9.88. The molecule has 0 amide bonds. The molecule has 0 spiro atoms. The number of nitrogens with one attached hydrogen (secondary N) is 1. The van der Waals surface area contributed by atoms with E-state index < -0.39 is 6.10 Å². The maximum atomic E-state index is 9.88. The quantitative estimate of drug-likeness (QED) is 0.872. The Morgan fingerprint density at radius 2 is 2.17 bits per heavy atom. The van der Waals surface area contributed by atoms with Crippen LogP contribution in [0, 0.1) is 0 Å². The summed E-state index contributed by atoms with van der Waals surface area (Å²) in [7, 11) is 0. The lowest BCUT2D eigenvalue weighted by atomic mass is 10.1. The van der Waals surface area contributed by atoms with E-state index in [9.17, 15) is 5.11 Å². The van der Waals surface area contributed by atoms with Gasteiger partial charge in [-0.2, -0.15) is 0 Å². The zero-order chi connectivity index (χ0) is 13.0. The Balaban J connectivity index is 1.90. The third-order valence-corrected chi connectivity index (χ3v) is 3.07. The lowest BCUT2D eigenvalue weighted by molar-refractivity contribution is 0.144. The molecule has 0 fully saturated rings. The van der Waals surface area contributed by atoms with Crippen molar-refractivity contribution in [2.75, 3.05) is 6.54 Å². The first kappa shape index (κ1) is 13.1. The van der Waals surface area contributed by atoms with Crippen LogP contribution in [-0.2, 0) is 0 Å². The average Bonchev–Trinajstić information content (AvgIpc) is 2.89.